The van der Waals surface area contributed by atoms with Gasteiger partial charge in [0.2, 0.25) is 5.91 Å². The first-order chi connectivity index (χ1) is 12.7. The average Bonchev–Trinajstić information content (AvgIpc) is 3.30. The van der Waals surface area contributed by atoms with Crippen molar-refractivity contribution < 1.29 is 9.21 Å². The Labute approximate surface area is 151 Å². The summed E-state index contributed by atoms with van der Waals surface area (Å²) in [4.78, 5) is 20.7. The Balaban J connectivity index is 1.84. The third-order valence-electron chi connectivity index (χ3n) is 4.77. The fraction of sp³-hybridized carbons (Fsp3) is 0.250. The van der Waals surface area contributed by atoms with E-state index in [4.69, 9.17) is 4.42 Å². The molecule has 0 spiro atoms. The molecule has 0 saturated heterocycles. The fourth-order valence-corrected chi connectivity index (χ4v) is 3.57. The van der Waals surface area contributed by atoms with Crippen LogP contribution in [-0.4, -0.2) is 26.5 Å². The van der Waals surface area contributed by atoms with Crippen LogP contribution in [0, 0.1) is 0 Å². The number of fused-ring (bicyclic) bond motifs is 1. The second-order valence-electron chi connectivity index (χ2n) is 6.49. The van der Waals surface area contributed by atoms with E-state index in [1.807, 2.05) is 23.9 Å². The molecular formula is C20H20N4O2. The molecule has 3 heterocycles. The predicted octanol–water partition coefficient (Wildman–Crippen LogP) is 3.47. The summed E-state index contributed by atoms with van der Waals surface area (Å²) >= 11 is 0. The number of rotatable bonds is 4. The van der Waals surface area contributed by atoms with E-state index in [2.05, 4.69) is 27.9 Å². The second-order valence-corrected chi connectivity index (χ2v) is 6.49. The van der Waals surface area contributed by atoms with Crippen LogP contribution < -0.4 is 5.32 Å². The fourth-order valence-electron chi connectivity index (χ4n) is 3.57. The van der Waals surface area contributed by atoms with Gasteiger partial charge in [-0.1, -0.05) is 12.7 Å². The van der Waals surface area contributed by atoms with Gasteiger partial charge >= 0.3 is 0 Å². The van der Waals surface area contributed by atoms with Crippen molar-refractivity contribution >= 4 is 22.5 Å². The van der Waals surface area contributed by atoms with Gasteiger partial charge in [0.1, 0.15) is 12.0 Å². The van der Waals surface area contributed by atoms with Crippen LogP contribution in [0.3, 0.4) is 0 Å². The van der Waals surface area contributed by atoms with E-state index in [9.17, 15) is 4.79 Å². The monoisotopic (exact) mass is 348 g/mol. The average molecular weight is 348 g/mol. The van der Waals surface area contributed by atoms with Gasteiger partial charge in [-0.3, -0.25) is 4.79 Å². The highest BCUT2D eigenvalue weighted by Crippen LogP contribution is 2.36. The number of carbonyl (C=O) groups is 1. The van der Waals surface area contributed by atoms with E-state index < -0.39 is 0 Å². The van der Waals surface area contributed by atoms with Gasteiger partial charge in [-0.25, -0.2) is 9.97 Å². The Morgan fingerprint density at radius 1 is 1.46 bits per heavy atom. The molecule has 132 valence electrons. The zero-order valence-corrected chi connectivity index (χ0v) is 14.6. The maximum absolute atomic E-state index is 11.7. The maximum Gasteiger partial charge on any atom is 0.243 e. The number of furan rings is 1. The van der Waals surface area contributed by atoms with Gasteiger partial charge in [0.25, 0.3) is 0 Å². The maximum atomic E-state index is 11.7. The molecule has 0 saturated carbocycles. The zero-order valence-electron chi connectivity index (χ0n) is 14.6. The highest BCUT2D eigenvalue weighted by Gasteiger charge is 2.21. The number of hydrogen-bond donors (Lipinski definition) is 1. The van der Waals surface area contributed by atoms with E-state index in [0.29, 0.717) is 0 Å². The van der Waals surface area contributed by atoms with Crippen LogP contribution in [0.25, 0.3) is 27.7 Å². The van der Waals surface area contributed by atoms with Gasteiger partial charge in [0, 0.05) is 30.4 Å². The SMILES string of the molecule is C=CC(=O)NC1C=C(c2ncnc3c2c(-c2ccoc2)cn3C)CCC1. The first kappa shape index (κ1) is 16.3. The van der Waals surface area contributed by atoms with Crippen molar-refractivity contribution in [2.45, 2.75) is 25.3 Å². The smallest absolute Gasteiger partial charge is 0.243 e. The normalized spacial score (nSPS) is 17.1. The molecule has 0 fully saturated rings. The molecule has 4 rings (SSSR count). The molecular weight excluding hydrogens is 328 g/mol. The number of aryl methyl sites for hydroxylation is 1. The molecule has 1 aliphatic carbocycles. The summed E-state index contributed by atoms with van der Waals surface area (Å²) < 4.78 is 7.27. The number of aromatic nitrogens is 3. The van der Waals surface area contributed by atoms with E-state index in [-0.39, 0.29) is 11.9 Å². The van der Waals surface area contributed by atoms with Crippen molar-refractivity contribution in [2.24, 2.45) is 7.05 Å². The lowest BCUT2D eigenvalue weighted by molar-refractivity contribution is -0.116. The second kappa shape index (κ2) is 6.63. The summed E-state index contributed by atoms with van der Waals surface area (Å²) in [6.07, 6.45) is 13.3. The van der Waals surface area contributed by atoms with Crippen LogP contribution in [0.5, 0.6) is 0 Å². The zero-order chi connectivity index (χ0) is 18.1. The van der Waals surface area contributed by atoms with Gasteiger partial charge in [0.15, 0.2) is 0 Å². The Bertz CT molecular complexity index is 998. The van der Waals surface area contributed by atoms with Crippen molar-refractivity contribution in [3.63, 3.8) is 0 Å². The van der Waals surface area contributed by atoms with Gasteiger partial charge in [-0.05, 0) is 37.0 Å². The molecule has 3 aromatic heterocycles. The molecule has 0 bridgehead atoms. The summed E-state index contributed by atoms with van der Waals surface area (Å²) in [7, 11) is 1.98. The lowest BCUT2D eigenvalue weighted by Crippen LogP contribution is -2.33. The van der Waals surface area contributed by atoms with Crippen LogP contribution in [-0.2, 0) is 11.8 Å². The van der Waals surface area contributed by atoms with Crippen LogP contribution in [0.1, 0.15) is 25.0 Å². The van der Waals surface area contributed by atoms with Crippen molar-refractivity contribution in [3.8, 4) is 11.1 Å². The molecule has 1 amide bonds. The molecule has 0 aromatic carbocycles. The van der Waals surface area contributed by atoms with Crippen molar-refractivity contribution in [1.82, 2.24) is 19.9 Å². The van der Waals surface area contributed by atoms with Gasteiger partial charge in [-0.15, -0.1) is 0 Å². The molecule has 6 heteroatoms. The minimum atomic E-state index is -0.154. The topological polar surface area (TPSA) is 73.0 Å². The van der Waals surface area contributed by atoms with Gasteiger partial charge < -0.3 is 14.3 Å². The summed E-state index contributed by atoms with van der Waals surface area (Å²) in [6.45, 7) is 3.52. The predicted molar refractivity (Wildman–Crippen MR) is 100 cm³/mol. The summed E-state index contributed by atoms with van der Waals surface area (Å²) in [5.41, 5.74) is 4.98. The number of hydrogen-bond acceptors (Lipinski definition) is 4. The van der Waals surface area contributed by atoms with Crippen molar-refractivity contribution in [1.29, 1.82) is 0 Å². The third-order valence-corrected chi connectivity index (χ3v) is 4.77. The first-order valence-electron chi connectivity index (χ1n) is 8.64. The summed E-state index contributed by atoms with van der Waals surface area (Å²) in [6, 6.07) is 1.93. The molecule has 0 radical (unpaired) electrons. The standard InChI is InChI=1S/C20H20N4O2/c1-3-17(25)23-15-6-4-5-13(9-15)19-18-16(14-7-8-26-11-14)10-24(2)20(18)22-12-21-19/h3,7-12,15H,1,4-6H2,2H3,(H,23,25). The number of nitrogens with zero attached hydrogens (tertiary/aromatic N) is 3. The number of nitrogens with one attached hydrogen (secondary N) is 1. The van der Waals surface area contributed by atoms with E-state index in [1.54, 1.807) is 18.9 Å². The molecule has 1 N–H and O–H groups in total. The quantitative estimate of drug-likeness (QED) is 0.733. The highest BCUT2D eigenvalue weighted by molar-refractivity contribution is 6.00. The number of allylic oxidation sites excluding steroid dienone is 1. The summed E-state index contributed by atoms with van der Waals surface area (Å²) in [5, 5.41) is 3.98. The lowest BCUT2D eigenvalue weighted by atomic mass is 9.91. The Morgan fingerprint density at radius 3 is 3.12 bits per heavy atom. The van der Waals surface area contributed by atoms with Crippen molar-refractivity contribution in [2.75, 3.05) is 0 Å². The number of carbonyl (C=O) groups excluding carboxylic acids is 1. The van der Waals surface area contributed by atoms with E-state index in [1.165, 1.54) is 6.08 Å². The van der Waals surface area contributed by atoms with Crippen LogP contribution in [0.4, 0.5) is 0 Å². The van der Waals surface area contributed by atoms with Crippen LogP contribution in [0.15, 0.2) is 54.3 Å². The molecule has 3 aromatic rings. The van der Waals surface area contributed by atoms with Gasteiger partial charge in [0.05, 0.1) is 23.6 Å². The number of amides is 1. The largest absolute Gasteiger partial charge is 0.472 e. The molecule has 1 aliphatic rings. The van der Waals surface area contributed by atoms with E-state index >= 15 is 0 Å². The molecule has 6 nitrogen and oxygen atoms in total. The van der Waals surface area contributed by atoms with Gasteiger partial charge in [-0.2, -0.15) is 0 Å². The minimum absolute atomic E-state index is 0.00430. The molecule has 1 atom stereocenters. The first-order valence-corrected chi connectivity index (χ1v) is 8.64. The Kier molecular flexibility index (Phi) is 4.16. The lowest BCUT2D eigenvalue weighted by Gasteiger charge is -2.22. The highest BCUT2D eigenvalue weighted by atomic mass is 16.3. The van der Waals surface area contributed by atoms with Crippen molar-refractivity contribution in [3.05, 3.63) is 55.5 Å². The third kappa shape index (κ3) is 2.83. The molecule has 0 aliphatic heterocycles. The van der Waals surface area contributed by atoms with Crippen LogP contribution in [0.2, 0.25) is 0 Å². The molecule has 26 heavy (non-hydrogen) atoms. The Hall–Kier alpha value is -3.15. The summed E-state index contributed by atoms with van der Waals surface area (Å²) in [5.74, 6) is -0.154. The Morgan fingerprint density at radius 2 is 2.35 bits per heavy atom. The van der Waals surface area contributed by atoms with Crippen LogP contribution >= 0.6 is 0 Å². The minimum Gasteiger partial charge on any atom is -0.472 e. The van der Waals surface area contributed by atoms with E-state index in [0.717, 1.165) is 52.7 Å². The molecule has 1 unspecified atom stereocenters.